The summed E-state index contributed by atoms with van der Waals surface area (Å²) < 4.78 is 0. The van der Waals surface area contributed by atoms with E-state index in [9.17, 15) is 9.59 Å². The number of hydrogen-bond acceptors (Lipinski definition) is 3. The third-order valence-corrected chi connectivity index (χ3v) is 2.77. The van der Waals surface area contributed by atoms with E-state index in [0.717, 1.165) is 6.54 Å². The molecular weight excluding hydrogens is 242 g/mol. The number of anilines is 1. The molecule has 1 aromatic rings. The summed E-state index contributed by atoms with van der Waals surface area (Å²) >= 11 is 0. The molecule has 1 atom stereocenters. The number of benzene rings is 1. The lowest BCUT2D eigenvalue weighted by Gasteiger charge is -2.13. The van der Waals surface area contributed by atoms with Crippen LogP contribution in [0.15, 0.2) is 24.3 Å². The molecule has 104 valence electrons. The number of hydrogen-bond donors (Lipinski definition) is 3. The Morgan fingerprint density at radius 3 is 2.68 bits per heavy atom. The van der Waals surface area contributed by atoms with Gasteiger partial charge in [0.05, 0.1) is 0 Å². The summed E-state index contributed by atoms with van der Waals surface area (Å²) in [4.78, 5) is 23.4. The quantitative estimate of drug-likeness (QED) is 0.723. The fourth-order valence-corrected chi connectivity index (χ4v) is 1.60. The Morgan fingerprint density at radius 1 is 1.32 bits per heavy atom. The van der Waals surface area contributed by atoms with Gasteiger partial charge in [-0.25, -0.2) is 0 Å². The van der Waals surface area contributed by atoms with Gasteiger partial charge in [-0.15, -0.1) is 0 Å². The van der Waals surface area contributed by atoms with Crippen LogP contribution in [0.25, 0.3) is 0 Å². The van der Waals surface area contributed by atoms with E-state index in [-0.39, 0.29) is 17.7 Å². The number of rotatable bonds is 6. The highest BCUT2D eigenvalue weighted by molar-refractivity contribution is 5.97. The Labute approximate surface area is 113 Å². The van der Waals surface area contributed by atoms with Crippen molar-refractivity contribution in [1.82, 2.24) is 10.6 Å². The zero-order valence-corrected chi connectivity index (χ0v) is 11.6. The van der Waals surface area contributed by atoms with Gasteiger partial charge in [0.1, 0.15) is 0 Å². The minimum atomic E-state index is -0.170. The van der Waals surface area contributed by atoms with E-state index in [0.29, 0.717) is 17.8 Å². The van der Waals surface area contributed by atoms with Crippen LogP contribution >= 0.6 is 0 Å². The topological polar surface area (TPSA) is 70.2 Å². The van der Waals surface area contributed by atoms with Gasteiger partial charge in [-0.3, -0.25) is 9.59 Å². The van der Waals surface area contributed by atoms with E-state index in [1.807, 2.05) is 13.8 Å². The normalized spacial score (nSPS) is 11.7. The van der Waals surface area contributed by atoms with Gasteiger partial charge in [0.25, 0.3) is 5.91 Å². The maximum atomic E-state index is 11.9. The fourth-order valence-electron chi connectivity index (χ4n) is 1.60. The van der Waals surface area contributed by atoms with Crippen molar-refractivity contribution in [1.29, 1.82) is 0 Å². The Morgan fingerprint density at radius 2 is 2.05 bits per heavy atom. The molecule has 19 heavy (non-hydrogen) atoms. The van der Waals surface area contributed by atoms with Gasteiger partial charge in [-0.1, -0.05) is 19.9 Å². The second-order valence-corrected chi connectivity index (χ2v) is 4.36. The maximum absolute atomic E-state index is 11.9. The third-order valence-electron chi connectivity index (χ3n) is 2.77. The zero-order chi connectivity index (χ0) is 14.3. The van der Waals surface area contributed by atoms with E-state index in [2.05, 4.69) is 16.0 Å². The van der Waals surface area contributed by atoms with Crippen molar-refractivity contribution >= 4 is 17.5 Å². The summed E-state index contributed by atoms with van der Waals surface area (Å²) in [6, 6.07) is 6.88. The van der Waals surface area contributed by atoms with Crippen molar-refractivity contribution in [2.24, 2.45) is 5.92 Å². The molecule has 0 saturated heterocycles. The molecule has 2 amide bonds. The number of nitrogens with one attached hydrogen (secondary N) is 3. The summed E-state index contributed by atoms with van der Waals surface area (Å²) in [5, 5.41) is 8.49. The first-order chi connectivity index (χ1) is 9.08. The van der Waals surface area contributed by atoms with Gasteiger partial charge >= 0.3 is 0 Å². The Kier molecular flexibility index (Phi) is 6.02. The minimum Gasteiger partial charge on any atom is -0.355 e. The molecule has 0 saturated carbocycles. The number of amides is 2. The summed E-state index contributed by atoms with van der Waals surface area (Å²) in [6.07, 6.45) is 0. The highest BCUT2D eigenvalue weighted by atomic mass is 16.2. The van der Waals surface area contributed by atoms with Crippen LogP contribution in [0.4, 0.5) is 5.69 Å². The van der Waals surface area contributed by atoms with Crippen LogP contribution in [0.5, 0.6) is 0 Å². The number of carbonyl (C=O) groups is 2. The van der Waals surface area contributed by atoms with E-state index >= 15 is 0 Å². The van der Waals surface area contributed by atoms with Crippen molar-refractivity contribution in [3.8, 4) is 0 Å². The molecule has 0 aliphatic carbocycles. The average Bonchev–Trinajstić information content (AvgIpc) is 2.44. The van der Waals surface area contributed by atoms with Crippen LogP contribution in [-0.4, -0.2) is 32.0 Å². The van der Waals surface area contributed by atoms with Gasteiger partial charge in [0, 0.05) is 30.8 Å². The number of carbonyl (C=O) groups excluding carboxylic acids is 2. The monoisotopic (exact) mass is 263 g/mol. The van der Waals surface area contributed by atoms with Crippen LogP contribution in [0.3, 0.4) is 0 Å². The van der Waals surface area contributed by atoms with Crippen molar-refractivity contribution in [2.75, 3.05) is 25.5 Å². The Balaban J connectivity index is 2.66. The van der Waals surface area contributed by atoms with Crippen LogP contribution in [0, 0.1) is 5.92 Å². The minimum absolute atomic E-state index is 0.0602. The van der Waals surface area contributed by atoms with Gasteiger partial charge in [-0.05, 0) is 24.7 Å². The molecule has 0 aliphatic rings. The molecule has 0 heterocycles. The third kappa shape index (κ3) is 4.71. The standard InChI is InChI=1S/C14H21N3O2/c1-4-16-9-10(2)13(18)17-12-7-5-6-11(8-12)14(19)15-3/h5-8,10,16H,4,9H2,1-3H3,(H,15,19)(H,17,18). The summed E-state index contributed by atoms with van der Waals surface area (Å²) in [7, 11) is 1.58. The predicted octanol–water partition coefficient (Wildman–Crippen LogP) is 1.23. The SMILES string of the molecule is CCNCC(C)C(=O)Nc1cccc(C(=O)NC)c1. The predicted molar refractivity (Wildman–Crippen MR) is 76.2 cm³/mol. The van der Waals surface area contributed by atoms with Gasteiger partial charge < -0.3 is 16.0 Å². The second-order valence-electron chi connectivity index (χ2n) is 4.36. The molecule has 0 aliphatic heterocycles. The Bertz CT molecular complexity index is 446. The first-order valence-corrected chi connectivity index (χ1v) is 6.42. The molecule has 0 radical (unpaired) electrons. The van der Waals surface area contributed by atoms with Gasteiger partial charge in [0.2, 0.25) is 5.91 Å². The average molecular weight is 263 g/mol. The molecule has 0 fully saturated rings. The van der Waals surface area contributed by atoms with E-state index in [1.165, 1.54) is 0 Å². The summed E-state index contributed by atoms with van der Waals surface area (Å²) in [5.74, 6) is -0.351. The zero-order valence-electron chi connectivity index (χ0n) is 11.6. The molecule has 5 nitrogen and oxygen atoms in total. The summed E-state index contributed by atoms with van der Waals surface area (Å²) in [6.45, 7) is 5.33. The second kappa shape index (κ2) is 7.53. The fraction of sp³-hybridized carbons (Fsp3) is 0.429. The van der Waals surface area contributed by atoms with Crippen molar-refractivity contribution in [3.63, 3.8) is 0 Å². The first kappa shape index (κ1) is 15.2. The molecule has 0 aromatic heterocycles. The van der Waals surface area contributed by atoms with Crippen molar-refractivity contribution < 1.29 is 9.59 Å². The van der Waals surface area contributed by atoms with Crippen molar-refractivity contribution in [3.05, 3.63) is 29.8 Å². The molecule has 1 aromatic carbocycles. The first-order valence-electron chi connectivity index (χ1n) is 6.42. The van der Waals surface area contributed by atoms with Crippen LogP contribution in [-0.2, 0) is 4.79 Å². The highest BCUT2D eigenvalue weighted by Gasteiger charge is 2.13. The molecular formula is C14H21N3O2. The van der Waals surface area contributed by atoms with E-state index in [4.69, 9.17) is 0 Å². The van der Waals surface area contributed by atoms with Gasteiger partial charge in [-0.2, -0.15) is 0 Å². The summed E-state index contributed by atoms with van der Waals surface area (Å²) in [5.41, 5.74) is 1.16. The lowest BCUT2D eigenvalue weighted by atomic mass is 10.1. The molecule has 5 heteroatoms. The van der Waals surface area contributed by atoms with Crippen molar-refractivity contribution in [2.45, 2.75) is 13.8 Å². The smallest absolute Gasteiger partial charge is 0.251 e. The van der Waals surface area contributed by atoms with Crippen LogP contribution < -0.4 is 16.0 Å². The molecule has 0 spiro atoms. The van der Waals surface area contributed by atoms with Crippen LogP contribution in [0.1, 0.15) is 24.2 Å². The largest absolute Gasteiger partial charge is 0.355 e. The molecule has 1 unspecified atom stereocenters. The Hall–Kier alpha value is -1.88. The van der Waals surface area contributed by atoms with E-state index < -0.39 is 0 Å². The lowest BCUT2D eigenvalue weighted by Crippen LogP contribution is -2.30. The molecule has 0 bridgehead atoms. The highest BCUT2D eigenvalue weighted by Crippen LogP contribution is 2.11. The van der Waals surface area contributed by atoms with Crippen LogP contribution in [0.2, 0.25) is 0 Å². The lowest BCUT2D eigenvalue weighted by molar-refractivity contribution is -0.119. The van der Waals surface area contributed by atoms with E-state index in [1.54, 1.807) is 31.3 Å². The molecule has 3 N–H and O–H groups in total. The maximum Gasteiger partial charge on any atom is 0.251 e. The molecule has 1 rings (SSSR count). The van der Waals surface area contributed by atoms with Gasteiger partial charge in [0.15, 0.2) is 0 Å².